The smallest absolute Gasteiger partial charge is 0.261 e. The molecule has 2 N–H and O–H groups in total. The number of hydrogen-bond donors (Lipinski definition) is 2. The Morgan fingerprint density at radius 1 is 0.848 bits per heavy atom. The number of thioether (sulfide) groups is 2. The lowest BCUT2D eigenvalue weighted by Gasteiger charge is -2.16. The van der Waals surface area contributed by atoms with E-state index in [2.05, 4.69) is 11.3 Å². The molecule has 0 saturated heterocycles. The van der Waals surface area contributed by atoms with E-state index in [0.717, 1.165) is 20.3 Å². The number of phenolic OH excluding ortho intramolecular Hbond substituents is 1. The van der Waals surface area contributed by atoms with E-state index in [0.29, 0.717) is 21.4 Å². The van der Waals surface area contributed by atoms with Crippen LogP contribution in [0.2, 0.25) is 0 Å². The molecule has 0 heterocycles. The number of fused-ring (bicyclic) bond motifs is 1. The van der Waals surface area contributed by atoms with Gasteiger partial charge < -0.3 is 5.11 Å². The Labute approximate surface area is 202 Å². The van der Waals surface area contributed by atoms with Crippen molar-refractivity contribution in [3.05, 3.63) is 101 Å². The molecule has 0 aliphatic carbocycles. The van der Waals surface area contributed by atoms with E-state index in [4.69, 9.17) is 0 Å². The van der Waals surface area contributed by atoms with E-state index < -0.39 is 10.0 Å². The SMILES string of the molecule is C=C(Sc1ccccc1C)Sc1cc(NS(=O)(=O)c2ccc(C)cc2)c2ccccc2c1O. The lowest BCUT2D eigenvalue weighted by atomic mass is 10.1. The summed E-state index contributed by atoms with van der Waals surface area (Å²) in [5.74, 6) is 0.0976. The molecule has 0 bridgehead atoms. The fourth-order valence-electron chi connectivity index (χ4n) is 3.35. The number of rotatable bonds is 7. The number of aryl methyl sites for hydroxylation is 2. The van der Waals surface area contributed by atoms with Gasteiger partial charge in [0.15, 0.2) is 0 Å². The zero-order valence-corrected chi connectivity index (χ0v) is 20.7. The third kappa shape index (κ3) is 5.21. The standard InChI is InChI=1S/C26H23NO3S3/c1-17-12-14-20(15-13-17)33(29,30)27-23-16-25(26(28)22-10-6-5-9-21(22)23)32-19(3)31-24-11-7-4-8-18(24)2/h4-16,27-28H,3H2,1-2H3. The maximum atomic E-state index is 13.1. The molecule has 0 aliphatic heterocycles. The van der Waals surface area contributed by atoms with Gasteiger partial charge in [-0.1, -0.05) is 90.3 Å². The molecular formula is C26H23NO3S3. The minimum absolute atomic E-state index is 0.0976. The fourth-order valence-corrected chi connectivity index (χ4v) is 6.38. The average molecular weight is 494 g/mol. The van der Waals surface area contributed by atoms with Crippen LogP contribution in [0.4, 0.5) is 5.69 Å². The topological polar surface area (TPSA) is 66.4 Å². The quantitative estimate of drug-likeness (QED) is 0.209. The normalized spacial score (nSPS) is 11.5. The van der Waals surface area contributed by atoms with Crippen molar-refractivity contribution in [1.29, 1.82) is 0 Å². The van der Waals surface area contributed by atoms with E-state index in [-0.39, 0.29) is 10.6 Å². The van der Waals surface area contributed by atoms with Crippen molar-refractivity contribution in [2.75, 3.05) is 4.72 Å². The predicted octanol–water partition coefficient (Wildman–Crippen LogP) is 7.32. The Morgan fingerprint density at radius 2 is 1.45 bits per heavy atom. The van der Waals surface area contributed by atoms with Gasteiger partial charge in [-0.15, -0.1) is 0 Å². The molecule has 0 saturated carbocycles. The average Bonchev–Trinajstić information content (AvgIpc) is 2.79. The van der Waals surface area contributed by atoms with Gasteiger partial charge in [0.1, 0.15) is 5.75 Å². The number of benzene rings is 4. The zero-order valence-electron chi connectivity index (χ0n) is 18.2. The van der Waals surface area contributed by atoms with Crippen LogP contribution < -0.4 is 4.72 Å². The molecule has 4 aromatic rings. The van der Waals surface area contributed by atoms with Crippen LogP contribution in [0.5, 0.6) is 5.75 Å². The molecule has 0 aromatic heterocycles. The van der Waals surface area contributed by atoms with Crippen LogP contribution in [0.25, 0.3) is 10.8 Å². The summed E-state index contributed by atoms with van der Waals surface area (Å²) in [6.07, 6.45) is 0. The molecule has 4 nitrogen and oxygen atoms in total. The van der Waals surface area contributed by atoms with Crippen molar-refractivity contribution >= 4 is 50.0 Å². The molecule has 7 heteroatoms. The lowest BCUT2D eigenvalue weighted by molar-refractivity contribution is 0.469. The summed E-state index contributed by atoms with van der Waals surface area (Å²) in [5, 5.41) is 12.1. The Hall–Kier alpha value is -2.87. The summed E-state index contributed by atoms with van der Waals surface area (Å²) in [6, 6.07) is 23.5. The van der Waals surface area contributed by atoms with E-state index in [1.165, 1.54) is 23.5 Å². The Balaban J connectivity index is 1.70. The number of anilines is 1. The molecule has 0 fully saturated rings. The summed E-state index contributed by atoms with van der Waals surface area (Å²) in [7, 11) is -3.80. The fraction of sp³-hybridized carbons (Fsp3) is 0.0769. The molecule has 0 radical (unpaired) electrons. The summed E-state index contributed by atoms with van der Waals surface area (Å²) >= 11 is 2.83. The van der Waals surface area contributed by atoms with E-state index in [9.17, 15) is 13.5 Å². The highest BCUT2D eigenvalue weighted by molar-refractivity contribution is 8.22. The maximum Gasteiger partial charge on any atom is 0.261 e. The van der Waals surface area contributed by atoms with Gasteiger partial charge in [-0.05, 0) is 43.7 Å². The number of phenols is 1. The molecule has 0 aliphatic rings. The maximum absolute atomic E-state index is 13.1. The van der Waals surface area contributed by atoms with Crippen LogP contribution in [0.1, 0.15) is 11.1 Å². The van der Waals surface area contributed by atoms with E-state index >= 15 is 0 Å². The Bertz CT molecular complexity index is 1450. The minimum Gasteiger partial charge on any atom is -0.506 e. The van der Waals surface area contributed by atoms with Crippen molar-refractivity contribution in [2.45, 2.75) is 28.5 Å². The van der Waals surface area contributed by atoms with Crippen LogP contribution in [0.3, 0.4) is 0 Å². The van der Waals surface area contributed by atoms with Gasteiger partial charge in [-0.25, -0.2) is 8.42 Å². The van der Waals surface area contributed by atoms with Crippen molar-refractivity contribution in [3.8, 4) is 5.75 Å². The highest BCUT2D eigenvalue weighted by Gasteiger charge is 2.19. The number of aromatic hydroxyl groups is 1. The third-order valence-corrected chi connectivity index (χ3v) is 8.64. The number of hydrogen-bond acceptors (Lipinski definition) is 5. The summed E-state index contributed by atoms with van der Waals surface area (Å²) in [5.41, 5.74) is 2.52. The Kier molecular flexibility index (Phi) is 6.74. The second kappa shape index (κ2) is 9.55. The lowest BCUT2D eigenvalue weighted by Crippen LogP contribution is -2.13. The molecule has 4 aromatic carbocycles. The number of nitrogens with one attached hydrogen (secondary N) is 1. The van der Waals surface area contributed by atoms with Crippen molar-refractivity contribution in [2.24, 2.45) is 0 Å². The van der Waals surface area contributed by atoms with Crippen LogP contribution in [0, 0.1) is 13.8 Å². The number of sulfonamides is 1. The Morgan fingerprint density at radius 3 is 2.15 bits per heavy atom. The van der Waals surface area contributed by atoms with Crippen molar-refractivity contribution in [3.63, 3.8) is 0 Å². The van der Waals surface area contributed by atoms with Gasteiger partial charge in [0.2, 0.25) is 0 Å². The third-order valence-electron chi connectivity index (χ3n) is 5.10. The highest BCUT2D eigenvalue weighted by atomic mass is 32.2. The first-order valence-corrected chi connectivity index (χ1v) is 13.3. The molecule has 168 valence electrons. The summed E-state index contributed by atoms with van der Waals surface area (Å²) in [6.45, 7) is 8.08. The van der Waals surface area contributed by atoms with Crippen molar-refractivity contribution < 1.29 is 13.5 Å². The molecule has 4 rings (SSSR count). The molecular weight excluding hydrogens is 470 g/mol. The molecule has 0 amide bonds. The van der Waals surface area contributed by atoms with Gasteiger partial charge >= 0.3 is 0 Å². The molecule has 0 spiro atoms. The molecule has 33 heavy (non-hydrogen) atoms. The second-order valence-corrected chi connectivity index (χ2v) is 11.8. The zero-order chi connectivity index (χ0) is 23.6. The van der Waals surface area contributed by atoms with Gasteiger partial charge in [0.25, 0.3) is 10.0 Å². The molecule has 0 atom stereocenters. The van der Waals surface area contributed by atoms with Crippen LogP contribution in [-0.4, -0.2) is 13.5 Å². The predicted molar refractivity (Wildman–Crippen MR) is 140 cm³/mol. The van der Waals surface area contributed by atoms with Gasteiger partial charge in [-0.2, -0.15) is 0 Å². The van der Waals surface area contributed by atoms with Crippen LogP contribution in [0.15, 0.2) is 104 Å². The first-order chi connectivity index (χ1) is 15.7. The van der Waals surface area contributed by atoms with E-state index in [1.54, 1.807) is 42.5 Å². The van der Waals surface area contributed by atoms with Gasteiger partial charge in [0.05, 0.1) is 15.5 Å². The first kappa shape index (κ1) is 23.3. The largest absolute Gasteiger partial charge is 0.506 e. The van der Waals surface area contributed by atoms with E-state index in [1.807, 2.05) is 50.2 Å². The first-order valence-electron chi connectivity index (χ1n) is 10.2. The summed E-state index contributed by atoms with van der Waals surface area (Å²) < 4.78 is 29.6. The van der Waals surface area contributed by atoms with Gasteiger partial charge in [-0.3, -0.25) is 4.72 Å². The minimum atomic E-state index is -3.80. The van der Waals surface area contributed by atoms with Crippen LogP contribution in [-0.2, 0) is 10.0 Å². The van der Waals surface area contributed by atoms with Gasteiger partial charge in [0, 0.05) is 19.9 Å². The monoisotopic (exact) mass is 493 g/mol. The summed E-state index contributed by atoms with van der Waals surface area (Å²) in [4.78, 5) is 1.79. The second-order valence-electron chi connectivity index (χ2n) is 7.58. The molecule has 0 unspecified atom stereocenters. The highest BCUT2D eigenvalue weighted by Crippen LogP contribution is 2.46. The van der Waals surface area contributed by atoms with Crippen molar-refractivity contribution in [1.82, 2.24) is 0 Å². The van der Waals surface area contributed by atoms with Crippen LogP contribution >= 0.6 is 23.5 Å².